The van der Waals surface area contributed by atoms with E-state index in [-0.39, 0.29) is 49.3 Å². The zero-order valence-corrected chi connectivity index (χ0v) is 15.5. The van der Waals surface area contributed by atoms with Crippen molar-refractivity contribution < 1.29 is 24.2 Å². The van der Waals surface area contributed by atoms with Gasteiger partial charge in [-0.25, -0.2) is 0 Å². The van der Waals surface area contributed by atoms with Crippen LogP contribution in [0.2, 0.25) is 0 Å². The van der Waals surface area contributed by atoms with Crippen LogP contribution < -0.4 is 10.6 Å². The van der Waals surface area contributed by atoms with E-state index in [4.69, 9.17) is 16.3 Å². The lowest BCUT2D eigenvalue weighted by Gasteiger charge is -2.27. The molecule has 2 amide bonds. The Kier molecular flexibility index (Phi) is 8.34. The largest absolute Gasteiger partial charge is 0.481 e. The Balaban J connectivity index is 1.73. The summed E-state index contributed by atoms with van der Waals surface area (Å²) < 4.78 is 6.01. The topological polar surface area (TPSA) is 105 Å². The highest BCUT2D eigenvalue weighted by molar-refractivity contribution is 5.85. The van der Waals surface area contributed by atoms with Gasteiger partial charge in [-0.05, 0) is 38.0 Å². The molecule has 2 rings (SSSR count). The smallest absolute Gasteiger partial charge is 0.303 e. The van der Waals surface area contributed by atoms with Crippen molar-refractivity contribution >= 4 is 17.8 Å². The Morgan fingerprint density at radius 2 is 1.85 bits per heavy atom. The van der Waals surface area contributed by atoms with Gasteiger partial charge in [-0.15, -0.1) is 6.42 Å². The number of carbonyl (C=O) groups is 3. The van der Waals surface area contributed by atoms with Crippen molar-refractivity contribution in [2.24, 2.45) is 11.8 Å². The van der Waals surface area contributed by atoms with Crippen molar-refractivity contribution in [2.45, 2.75) is 57.2 Å². The van der Waals surface area contributed by atoms with Gasteiger partial charge in [0.25, 0.3) is 0 Å². The first kappa shape index (κ1) is 21.0. The highest BCUT2D eigenvalue weighted by atomic mass is 16.5. The van der Waals surface area contributed by atoms with Crippen molar-refractivity contribution in [3.63, 3.8) is 0 Å². The predicted octanol–water partition coefficient (Wildman–Crippen LogP) is 1.24. The Bertz CT molecular complexity index is 610. The zero-order chi connectivity index (χ0) is 19.6. The molecule has 2 bridgehead atoms. The summed E-state index contributed by atoms with van der Waals surface area (Å²) in [5.74, 6) is 1.52. The molecule has 0 saturated carbocycles. The number of ether oxygens (including phenoxy) is 1. The molecular weight excluding hydrogens is 348 g/mol. The molecule has 0 aromatic rings. The number of carboxylic acid groups (broad SMARTS) is 1. The molecule has 4 atom stereocenters. The Hall–Kier alpha value is -2.33. The van der Waals surface area contributed by atoms with Crippen LogP contribution >= 0.6 is 0 Å². The van der Waals surface area contributed by atoms with E-state index >= 15 is 0 Å². The molecule has 0 aromatic heterocycles. The number of hydrogen-bond acceptors (Lipinski definition) is 4. The highest BCUT2D eigenvalue weighted by Crippen LogP contribution is 2.44. The summed E-state index contributed by atoms with van der Waals surface area (Å²) >= 11 is 0. The summed E-state index contributed by atoms with van der Waals surface area (Å²) in [5.41, 5.74) is 0. The van der Waals surface area contributed by atoms with Crippen LogP contribution in [0.1, 0.15) is 44.9 Å². The standard InChI is InChI=1S/C20H28N2O5/c1-2-7-18(23)22-13-19(24)21-12-15-14(16-10-11-17(15)27-16)8-5-3-4-6-9-20(25)26/h1,3,5,14-17H,4,6-13H2,(H,21,24)(H,22,23)(H,25,26)/b5-3-/t14-,15+,16-,17+/m1/s1. The molecular formula is C20H28N2O5. The minimum atomic E-state index is -0.767. The van der Waals surface area contributed by atoms with Gasteiger partial charge in [0.05, 0.1) is 25.2 Å². The van der Waals surface area contributed by atoms with Gasteiger partial charge in [0.2, 0.25) is 11.8 Å². The van der Waals surface area contributed by atoms with E-state index in [1.54, 1.807) is 0 Å². The summed E-state index contributed by atoms with van der Waals surface area (Å²) in [7, 11) is 0. The van der Waals surface area contributed by atoms with Gasteiger partial charge in [-0.1, -0.05) is 18.1 Å². The summed E-state index contributed by atoms with van der Waals surface area (Å²) in [4.78, 5) is 33.7. The molecule has 2 heterocycles. The number of carbonyl (C=O) groups excluding carboxylic acids is 2. The molecule has 2 aliphatic heterocycles. The third kappa shape index (κ3) is 6.72. The summed E-state index contributed by atoms with van der Waals surface area (Å²) in [6, 6.07) is 0. The Morgan fingerprint density at radius 1 is 1.11 bits per heavy atom. The van der Waals surface area contributed by atoms with Gasteiger partial charge in [-0.2, -0.15) is 0 Å². The minimum absolute atomic E-state index is 0.0334. The average molecular weight is 376 g/mol. The van der Waals surface area contributed by atoms with Crippen LogP contribution in [0.25, 0.3) is 0 Å². The molecule has 27 heavy (non-hydrogen) atoms. The number of aliphatic carboxylic acids is 1. The number of terminal acetylenes is 1. The highest BCUT2D eigenvalue weighted by Gasteiger charge is 2.47. The van der Waals surface area contributed by atoms with E-state index in [2.05, 4.69) is 22.6 Å². The molecule has 0 spiro atoms. The van der Waals surface area contributed by atoms with Crippen LogP contribution in [0.5, 0.6) is 0 Å². The number of rotatable bonds is 11. The van der Waals surface area contributed by atoms with Gasteiger partial charge < -0.3 is 20.5 Å². The normalized spacial score (nSPS) is 26.0. The van der Waals surface area contributed by atoms with Crippen LogP contribution in [0.4, 0.5) is 0 Å². The van der Waals surface area contributed by atoms with Gasteiger partial charge >= 0.3 is 5.97 Å². The molecule has 2 saturated heterocycles. The third-order valence-electron chi connectivity index (χ3n) is 5.17. The number of amides is 2. The molecule has 0 aliphatic carbocycles. The SMILES string of the molecule is C#CCC(=O)NCC(=O)NC[C@H]1[C@@H](C/C=C\CCCC(=O)O)[C@H]2CC[C@@H]1O2. The third-order valence-corrected chi connectivity index (χ3v) is 5.17. The molecule has 2 fully saturated rings. The lowest BCUT2D eigenvalue weighted by Crippen LogP contribution is -2.42. The Morgan fingerprint density at radius 3 is 2.56 bits per heavy atom. The first-order valence-electron chi connectivity index (χ1n) is 9.50. The fourth-order valence-electron chi connectivity index (χ4n) is 3.85. The zero-order valence-electron chi connectivity index (χ0n) is 15.5. The van der Waals surface area contributed by atoms with Crippen molar-refractivity contribution in [1.82, 2.24) is 10.6 Å². The second-order valence-electron chi connectivity index (χ2n) is 7.07. The number of carboxylic acids is 1. The number of nitrogens with one attached hydrogen (secondary N) is 2. The number of allylic oxidation sites excluding steroid dienone is 2. The van der Waals surface area contributed by atoms with Gasteiger partial charge in [0.1, 0.15) is 0 Å². The molecule has 7 nitrogen and oxygen atoms in total. The molecule has 3 N–H and O–H groups in total. The van der Waals surface area contributed by atoms with E-state index in [1.165, 1.54) is 0 Å². The summed E-state index contributed by atoms with van der Waals surface area (Å²) in [5, 5.41) is 14.0. The number of fused-ring (bicyclic) bond motifs is 2. The maximum atomic E-state index is 11.9. The van der Waals surface area contributed by atoms with Crippen molar-refractivity contribution in [2.75, 3.05) is 13.1 Å². The van der Waals surface area contributed by atoms with Gasteiger partial charge in [-0.3, -0.25) is 14.4 Å². The van der Waals surface area contributed by atoms with E-state index in [0.29, 0.717) is 18.9 Å². The lowest BCUT2D eigenvalue weighted by molar-refractivity contribution is -0.137. The van der Waals surface area contributed by atoms with Crippen LogP contribution in [-0.2, 0) is 19.1 Å². The maximum absolute atomic E-state index is 11.9. The molecule has 7 heteroatoms. The van der Waals surface area contributed by atoms with Gasteiger partial charge in [0, 0.05) is 18.9 Å². The van der Waals surface area contributed by atoms with Crippen LogP contribution in [-0.4, -0.2) is 48.2 Å². The van der Waals surface area contributed by atoms with Crippen molar-refractivity contribution in [3.8, 4) is 12.3 Å². The molecule has 2 aliphatic rings. The van der Waals surface area contributed by atoms with E-state index < -0.39 is 5.97 Å². The van der Waals surface area contributed by atoms with Crippen LogP contribution in [0, 0.1) is 24.2 Å². The predicted molar refractivity (Wildman–Crippen MR) is 99.6 cm³/mol. The fraction of sp³-hybridized carbons (Fsp3) is 0.650. The molecule has 0 unspecified atom stereocenters. The average Bonchev–Trinajstić information content (AvgIpc) is 3.22. The monoisotopic (exact) mass is 376 g/mol. The second-order valence-corrected chi connectivity index (χ2v) is 7.07. The molecule has 148 valence electrons. The van der Waals surface area contributed by atoms with E-state index in [9.17, 15) is 14.4 Å². The Labute approximate surface area is 159 Å². The van der Waals surface area contributed by atoms with Crippen LogP contribution in [0.3, 0.4) is 0 Å². The van der Waals surface area contributed by atoms with E-state index in [0.717, 1.165) is 25.7 Å². The first-order valence-corrected chi connectivity index (χ1v) is 9.50. The fourth-order valence-corrected chi connectivity index (χ4v) is 3.85. The van der Waals surface area contributed by atoms with Crippen LogP contribution in [0.15, 0.2) is 12.2 Å². The van der Waals surface area contributed by atoms with Crippen molar-refractivity contribution in [1.29, 1.82) is 0 Å². The van der Waals surface area contributed by atoms with Crippen molar-refractivity contribution in [3.05, 3.63) is 12.2 Å². The van der Waals surface area contributed by atoms with Gasteiger partial charge in [0.15, 0.2) is 0 Å². The first-order chi connectivity index (χ1) is 13.0. The summed E-state index contributed by atoms with van der Waals surface area (Å²) in [6.07, 6.45) is 14.1. The lowest BCUT2D eigenvalue weighted by atomic mass is 9.77. The second kappa shape index (κ2) is 10.7. The summed E-state index contributed by atoms with van der Waals surface area (Å²) in [6.45, 7) is 0.457. The minimum Gasteiger partial charge on any atom is -0.481 e. The molecule has 0 radical (unpaired) electrons. The molecule has 0 aromatic carbocycles. The quantitative estimate of drug-likeness (QED) is 0.286. The van der Waals surface area contributed by atoms with E-state index in [1.807, 2.05) is 6.08 Å². The maximum Gasteiger partial charge on any atom is 0.303 e. The number of unbranched alkanes of at least 4 members (excludes halogenated alkanes) is 1. The number of hydrogen-bond donors (Lipinski definition) is 3.